The Balaban J connectivity index is 2.73. The van der Waals surface area contributed by atoms with Crippen LogP contribution in [0.3, 0.4) is 0 Å². The van der Waals surface area contributed by atoms with Crippen molar-refractivity contribution in [2.75, 3.05) is 5.32 Å². The van der Waals surface area contributed by atoms with Crippen LogP contribution in [0.2, 0.25) is 0 Å². The van der Waals surface area contributed by atoms with Gasteiger partial charge in [0.15, 0.2) is 5.13 Å². The number of carboxylic acids is 1. The molecule has 0 amide bonds. The summed E-state index contributed by atoms with van der Waals surface area (Å²) in [6.45, 7) is 3.98. The van der Waals surface area contributed by atoms with Crippen LogP contribution in [0.4, 0.5) is 5.13 Å². The van der Waals surface area contributed by atoms with Crippen LogP contribution in [0, 0.1) is 18.3 Å². The number of hydrogen-bond donors (Lipinski definition) is 2. The van der Waals surface area contributed by atoms with Crippen LogP contribution < -0.4 is 5.32 Å². The maximum atomic E-state index is 10.6. The molecule has 1 rings (SSSR count). The summed E-state index contributed by atoms with van der Waals surface area (Å²) in [5.74, 6) is 1.90. The Morgan fingerprint density at radius 1 is 1.73 bits per heavy atom. The van der Waals surface area contributed by atoms with Crippen molar-refractivity contribution in [1.29, 1.82) is 0 Å². The van der Waals surface area contributed by atoms with E-state index in [1.54, 1.807) is 0 Å². The zero-order valence-electron chi connectivity index (χ0n) is 8.52. The number of aromatic nitrogens is 1. The van der Waals surface area contributed by atoms with Gasteiger partial charge < -0.3 is 10.4 Å². The molecule has 2 N–H and O–H groups in total. The number of hydrogen-bond acceptors (Lipinski definition) is 4. The Labute approximate surface area is 92.4 Å². The van der Waals surface area contributed by atoms with Crippen molar-refractivity contribution in [3.05, 3.63) is 11.1 Å². The van der Waals surface area contributed by atoms with Crippen LogP contribution in [0.1, 0.15) is 23.5 Å². The monoisotopic (exact) mass is 224 g/mol. The molecule has 1 aromatic rings. The predicted octanol–water partition coefficient (Wildman–Crippen LogP) is 1.91. The van der Waals surface area contributed by atoms with Crippen LogP contribution in [-0.2, 0) is 0 Å². The quantitative estimate of drug-likeness (QED) is 0.767. The Kier molecular flexibility index (Phi) is 3.69. The van der Waals surface area contributed by atoms with Gasteiger partial charge in [0, 0.05) is 0 Å². The molecule has 0 aromatic carbocycles. The van der Waals surface area contributed by atoms with E-state index < -0.39 is 5.97 Å². The van der Waals surface area contributed by atoms with Gasteiger partial charge >= 0.3 is 5.97 Å². The lowest BCUT2D eigenvalue weighted by Gasteiger charge is -2.15. The molecule has 80 valence electrons. The minimum atomic E-state index is -0.970. The molecule has 0 radical (unpaired) electrons. The molecule has 0 aliphatic carbocycles. The van der Waals surface area contributed by atoms with E-state index in [1.165, 1.54) is 6.20 Å². The molecule has 1 atom stereocenters. The van der Waals surface area contributed by atoms with Crippen molar-refractivity contribution in [2.45, 2.75) is 19.9 Å². The number of aromatic carboxylic acids is 1. The highest BCUT2D eigenvalue weighted by Crippen LogP contribution is 2.20. The number of rotatable bonds is 4. The molecule has 5 heteroatoms. The lowest BCUT2D eigenvalue weighted by atomic mass is 10.1. The topological polar surface area (TPSA) is 62.2 Å². The first kappa shape index (κ1) is 11.5. The first-order chi connectivity index (χ1) is 7.04. The van der Waals surface area contributed by atoms with Crippen molar-refractivity contribution in [3.8, 4) is 12.3 Å². The van der Waals surface area contributed by atoms with E-state index in [2.05, 4.69) is 16.2 Å². The molecule has 0 fully saturated rings. The summed E-state index contributed by atoms with van der Waals surface area (Å²) in [7, 11) is 0. The summed E-state index contributed by atoms with van der Waals surface area (Å²) in [6, 6.07) is -0.127. The van der Waals surface area contributed by atoms with Crippen LogP contribution in [0.25, 0.3) is 0 Å². The average molecular weight is 224 g/mol. The molecule has 1 heterocycles. The summed E-state index contributed by atoms with van der Waals surface area (Å²) < 4.78 is 0. The number of nitrogens with one attached hydrogen (secondary N) is 1. The molecule has 0 spiro atoms. The summed E-state index contributed by atoms with van der Waals surface area (Å²) in [5, 5.41) is 12.3. The molecule has 0 saturated heterocycles. The first-order valence-corrected chi connectivity index (χ1v) is 5.28. The minimum Gasteiger partial charge on any atom is -0.477 e. The summed E-state index contributed by atoms with van der Waals surface area (Å²) >= 11 is 1.08. The van der Waals surface area contributed by atoms with Gasteiger partial charge in [-0.1, -0.05) is 31.1 Å². The number of thiazole rings is 1. The SMILES string of the molecule is C#CC(Nc1ncc(C(=O)O)s1)C(C)C. The van der Waals surface area contributed by atoms with Gasteiger partial charge in [0.25, 0.3) is 0 Å². The van der Waals surface area contributed by atoms with E-state index in [-0.39, 0.29) is 16.8 Å². The second-order valence-electron chi connectivity index (χ2n) is 3.37. The largest absolute Gasteiger partial charge is 0.477 e. The van der Waals surface area contributed by atoms with E-state index >= 15 is 0 Å². The van der Waals surface area contributed by atoms with Gasteiger partial charge in [0.1, 0.15) is 4.88 Å². The average Bonchev–Trinajstić information content (AvgIpc) is 2.61. The maximum Gasteiger partial charge on any atom is 0.347 e. The van der Waals surface area contributed by atoms with Crippen LogP contribution in [0.15, 0.2) is 6.20 Å². The highest BCUT2D eigenvalue weighted by atomic mass is 32.1. The van der Waals surface area contributed by atoms with Crippen molar-refractivity contribution in [2.24, 2.45) is 5.92 Å². The van der Waals surface area contributed by atoms with Gasteiger partial charge in [0.05, 0.1) is 12.2 Å². The Morgan fingerprint density at radius 2 is 2.40 bits per heavy atom. The molecule has 0 bridgehead atoms. The molecule has 1 aromatic heterocycles. The van der Waals surface area contributed by atoms with Gasteiger partial charge in [0.2, 0.25) is 0 Å². The zero-order chi connectivity index (χ0) is 11.4. The Bertz CT molecular complexity index is 392. The molecule has 0 aliphatic rings. The van der Waals surface area contributed by atoms with E-state index in [1.807, 2.05) is 13.8 Å². The first-order valence-electron chi connectivity index (χ1n) is 4.46. The summed E-state index contributed by atoms with van der Waals surface area (Å²) in [4.78, 5) is 14.7. The fourth-order valence-electron chi connectivity index (χ4n) is 0.974. The number of anilines is 1. The molecule has 0 saturated carbocycles. The molecule has 0 aliphatic heterocycles. The smallest absolute Gasteiger partial charge is 0.347 e. The minimum absolute atomic E-state index is 0.127. The number of nitrogens with zero attached hydrogens (tertiary/aromatic N) is 1. The van der Waals surface area contributed by atoms with Crippen molar-refractivity contribution in [1.82, 2.24) is 4.98 Å². The van der Waals surface area contributed by atoms with Gasteiger partial charge in [-0.3, -0.25) is 0 Å². The van der Waals surface area contributed by atoms with Crippen LogP contribution in [0.5, 0.6) is 0 Å². The number of terminal acetylenes is 1. The van der Waals surface area contributed by atoms with Gasteiger partial charge in [-0.15, -0.1) is 6.42 Å². The highest BCUT2D eigenvalue weighted by Gasteiger charge is 2.13. The molecular weight excluding hydrogens is 212 g/mol. The molecule has 1 unspecified atom stereocenters. The molecule has 4 nitrogen and oxygen atoms in total. The number of carbonyl (C=O) groups is 1. The zero-order valence-corrected chi connectivity index (χ0v) is 9.34. The fourth-order valence-corrected chi connectivity index (χ4v) is 1.67. The van der Waals surface area contributed by atoms with Crippen LogP contribution in [-0.4, -0.2) is 22.1 Å². The van der Waals surface area contributed by atoms with Gasteiger partial charge in [-0.2, -0.15) is 0 Å². The third-order valence-corrected chi connectivity index (χ3v) is 2.76. The maximum absolute atomic E-state index is 10.6. The Hall–Kier alpha value is -1.54. The standard InChI is InChI=1S/C10H12N2O2S/c1-4-7(6(2)3)12-10-11-5-8(15-10)9(13)14/h1,5-7H,2-3H3,(H,11,12)(H,13,14). The van der Waals surface area contributed by atoms with Gasteiger partial charge in [-0.25, -0.2) is 9.78 Å². The van der Waals surface area contributed by atoms with E-state index in [0.717, 1.165) is 11.3 Å². The van der Waals surface area contributed by atoms with Crippen molar-refractivity contribution in [3.63, 3.8) is 0 Å². The summed E-state index contributed by atoms with van der Waals surface area (Å²) in [6.07, 6.45) is 6.66. The second kappa shape index (κ2) is 4.80. The highest BCUT2D eigenvalue weighted by molar-refractivity contribution is 7.17. The predicted molar refractivity (Wildman–Crippen MR) is 60.2 cm³/mol. The molecular formula is C10H12N2O2S. The van der Waals surface area contributed by atoms with E-state index in [0.29, 0.717) is 5.13 Å². The van der Waals surface area contributed by atoms with Crippen molar-refractivity contribution < 1.29 is 9.90 Å². The lowest BCUT2D eigenvalue weighted by molar-refractivity contribution is 0.0702. The Morgan fingerprint density at radius 3 is 2.80 bits per heavy atom. The van der Waals surface area contributed by atoms with Crippen LogP contribution >= 0.6 is 11.3 Å². The second-order valence-corrected chi connectivity index (χ2v) is 4.40. The van der Waals surface area contributed by atoms with Crippen molar-refractivity contribution >= 4 is 22.4 Å². The number of carboxylic acid groups (broad SMARTS) is 1. The van der Waals surface area contributed by atoms with E-state index in [9.17, 15) is 4.79 Å². The third kappa shape index (κ3) is 2.96. The normalized spacial score (nSPS) is 12.1. The lowest BCUT2D eigenvalue weighted by Crippen LogP contribution is -2.23. The van der Waals surface area contributed by atoms with Gasteiger partial charge in [-0.05, 0) is 5.92 Å². The third-order valence-electron chi connectivity index (χ3n) is 1.84. The fraction of sp³-hybridized carbons (Fsp3) is 0.400. The van der Waals surface area contributed by atoms with E-state index in [4.69, 9.17) is 11.5 Å². The summed E-state index contributed by atoms with van der Waals surface area (Å²) in [5.41, 5.74) is 0. The molecule has 15 heavy (non-hydrogen) atoms.